The fourth-order valence-electron chi connectivity index (χ4n) is 6.27. The number of hydrogen-bond donors (Lipinski definition) is 0. The lowest BCUT2D eigenvalue weighted by molar-refractivity contribution is -0.127. The Morgan fingerprint density at radius 1 is 0.947 bits per heavy atom. The SMILES string of the molecule is [C-]#[N+]c1ccc(N2C[C@H](C(=O)C3C[C@@H](C)N(c4ccc(F)cc4)[C@@H](C)C3)[C@@H](c3ccc(F)cc3F)C2)nc1. The molecule has 0 radical (unpaired) electrons. The van der Waals surface area contributed by atoms with Crippen molar-refractivity contribution in [1.29, 1.82) is 0 Å². The predicted molar refractivity (Wildman–Crippen MR) is 141 cm³/mol. The summed E-state index contributed by atoms with van der Waals surface area (Å²) in [5.41, 5.74) is 1.66. The van der Waals surface area contributed by atoms with Crippen LogP contribution in [-0.2, 0) is 4.79 Å². The molecule has 2 fully saturated rings. The number of rotatable bonds is 5. The molecule has 2 aliphatic rings. The van der Waals surface area contributed by atoms with Gasteiger partial charge in [0, 0.05) is 60.9 Å². The van der Waals surface area contributed by atoms with Crippen molar-refractivity contribution in [2.75, 3.05) is 22.9 Å². The second-order valence-corrected chi connectivity index (χ2v) is 10.4. The van der Waals surface area contributed by atoms with Crippen molar-refractivity contribution in [3.63, 3.8) is 0 Å². The van der Waals surface area contributed by atoms with E-state index in [1.807, 2.05) is 4.90 Å². The molecule has 8 heteroatoms. The van der Waals surface area contributed by atoms with E-state index in [0.29, 0.717) is 43.0 Å². The van der Waals surface area contributed by atoms with Crippen LogP contribution in [-0.4, -0.2) is 35.9 Å². The molecule has 3 aromatic rings. The van der Waals surface area contributed by atoms with Crippen LogP contribution in [0.4, 0.5) is 30.4 Å². The van der Waals surface area contributed by atoms with E-state index in [0.717, 1.165) is 11.8 Å². The number of nitrogens with zero attached hydrogens (tertiary/aromatic N) is 4. The lowest BCUT2D eigenvalue weighted by Gasteiger charge is -2.44. The monoisotopic (exact) mass is 518 g/mol. The van der Waals surface area contributed by atoms with E-state index in [1.165, 1.54) is 30.5 Å². The van der Waals surface area contributed by atoms with E-state index in [1.54, 1.807) is 24.3 Å². The Bertz CT molecular complexity index is 1340. The molecule has 0 amide bonds. The number of pyridine rings is 1. The number of anilines is 2. The average Bonchev–Trinajstić information content (AvgIpc) is 3.34. The molecule has 0 spiro atoms. The summed E-state index contributed by atoms with van der Waals surface area (Å²) in [6, 6.07) is 13.5. The average molecular weight is 519 g/mol. The first-order chi connectivity index (χ1) is 18.2. The second kappa shape index (κ2) is 10.5. The highest BCUT2D eigenvalue weighted by Crippen LogP contribution is 2.41. The highest BCUT2D eigenvalue weighted by Gasteiger charge is 2.44. The van der Waals surface area contributed by atoms with E-state index < -0.39 is 23.5 Å². The Balaban J connectivity index is 1.41. The fourth-order valence-corrected chi connectivity index (χ4v) is 6.27. The number of carbonyl (C=O) groups excluding carboxylic acids is 1. The Morgan fingerprint density at radius 3 is 2.24 bits per heavy atom. The zero-order valence-corrected chi connectivity index (χ0v) is 21.3. The number of halogens is 3. The molecule has 196 valence electrons. The fraction of sp³-hybridized carbons (Fsp3) is 0.367. The first kappa shape index (κ1) is 25.8. The maximum Gasteiger partial charge on any atom is 0.205 e. The lowest BCUT2D eigenvalue weighted by Crippen LogP contribution is -2.49. The quantitative estimate of drug-likeness (QED) is 0.360. The molecule has 5 rings (SSSR count). The van der Waals surface area contributed by atoms with Gasteiger partial charge in [0.05, 0.1) is 6.57 Å². The predicted octanol–water partition coefficient (Wildman–Crippen LogP) is 6.53. The summed E-state index contributed by atoms with van der Waals surface area (Å²) < 4.78 is 42.1. The summed E-state index contributed by atoms with van der Waals surface area (Å²) in [5.74, 6) is -2.06. The molecule has 0 bridgehead atoms. The number of hydrogen-bond acceptors (Lipinski definition) is 4. The first-order valence-electron chi connectivity index (χ1n) is 12.9. The number of Topliss-reactive ketones (excluding diaryl/α,β-unsaturated/α-hetero) is 1. The molecule has 1 aromatic heterocycles. The molecule has 5 atom stereocenters. The summed E-state index contributed by atoms with van der Waals surface area (Å²) in [5, 5.41) is 0. The zero-order chi connectivity index (χ0) is 27.0. The van der Waals surface area contributed by atoms with Gasteiger partial charge in [-0.15, -0.1) is 0 Å². The van der Waals surface area contributed by atoms with Gasteiger partial charge >= 0.3 is 0 Å². The number of benzene rings is 2. The van der Waals surface area contributed by atoms with Crippen molar-refractivity contribution < 1.29 is 18.0 Å². The number of ketones is 1. The standard InChI is InChI=1S/C30H29F3N4O/c1-18-12-20(13-19(2)37(18)24-8-4-21(31)5-9-24)30(38)27-17-36(29-11-7-23(34-3)15-35-29)16-26(27)25-10-6-22(32)14-28(25)33/h4-11,14-15,18-20,26-27H,12-13,16-17H2,1-2H3/t18-,19+,20?,26-,27+/m1/s1. The Morgan fingerprint density at radius 2 is 1.63 bits per heavy atom. The van der Waals surface area contributed by atoms with Crippen molar-refractivity contribution >= 4 is 23.0 Å². The molecule has 1 unspecified atom stereocenters. The van der Waals surface area contributed by atoms with Crippen molar-refractivity contribution in [1.82, 2.24) is 4.98 Å². The van der Waals surface area contributed by atoms with Gasteiger partial charge in [-0.1, -0.05) is 12.1 Å². The Hall–Kier alpha value is -3.86. The molecule has 0 aliphatic carbocycles. The normalized spacial score (nSPS) is 25.3. The van der Waals surface area contributed by atoms with Crippen LogP contribution in [0.5, 0.6) is 0 Å². The summed E-state index contributed by atoms with van der Waals surface area (Å²) in [4.78, 5) is 26.0. The van der Waals surface area contributed by atoms with E-state index in [2.05, 4.69) is 28.6 Å². The highest BCUT2D eigenvalue weighted by atomic mass is 19.1. The van der Waals surface area contributed by atoms with Gasteiger partial charge in [-0.25, -0.2) is 18.0 Å². The minimum absolute atomic E-state index is 0.0551. The van der Waals surface area contributed by atoms with Crippen molar-refractivity contribution in [3.8, 4) is 0 Å². The second-order valence-electron chi connectivity index (χ2n) is 10.4. The van der Waals surface area contributed by atoms with Crippen molar-refractivity contribution in [2.45, 2.75) is 44.7 Å². The van der Waals surface area contributed by atoms with Crippen molar-refractivity contribution in [3.05, 3.63) is 95.2 Å². The minimum atomic E-state index is -0.656. The third kappa shape index (κ3) is 4.98. The molecule has 38 heavy (non-hydrogen) atoms. The molecule has 5 nitrogen and oxygen atoms in total. The number of carbonyl (C=O) groups is 1. The third-order valence-electron chi connectivity index (χ3n) is 7.96. The van der Waals surface area contributed by atoms with Crippen LogP contribution in [0.2, 0.25) is 0 Å². The van der Waals surface area contributed by atoms with Crippen LogP contribution in [0.1, 0.15) is 38.2 Å². The summed E-state index contributed by atoms with van der Waals surface area (Å²) >= 11 is 0. The first-order valence-corrected chi connectivity index (χ1v) is 12.9. The van der Waals surface area contributed by atoms with Crippen LogP contribution >= 0.6 is 0 Å². The van der Waals surface area contributed by atoms with Gasteiger partial charge in [0.15, 0.2) is 0 Å². The summed E-state index contributed by atoms with van der Waals surface area (Å²) in [6.07, 6.45) is 2.75. The van der Waals surface area contributed by atoms with E-state index in [-0.39, 0.29) is 29.6 Å². The highest BCUT2D eigenvalue weighted by molar-refractivity contribution is 5.86. The smallest absolute Gasteiger partial charge is 0.205 e. The molecule has 0 N–H and O–H groups in total. The van der Waals surface area contributed by atoms with Crippen LogP contribution in [0.25, 0.3) is 4.85 Å². The van der Waals surface area contributed by atoms with Crippen molar-refractivity contribution in [2.24, 2.45) is 11.8 Å². The number of piperidine rings is 1. The van der Waals surface area contributed by atoms with E-state index in [4.69, 9.17) is 6.57 Å². The minimum Gasteiger partial charge on any atom is -0.366 e. The zero-order valence-electron chi connectivity index (χ0n) is 21.3. The van der Waals surface area contributed by atoms with Crippen LogP contribution in [0.15, 0.2) is 60.8 Å². The third-order valence-corrected chi connectivity index (χ3v) is 7.96. The molecule has 2 aliphatic heterocycles. The lowest BCUT2D eigenvalue weighted by atomic mass is 9.75. The summed E-state index contributed by atoms with van der Waals surface area (Å²) in [7, 11) is 0. The molecule has 0 saturated carbocycles. The van der Waals surface area contributed by atoms with Crippen LogP contribution < -0.4 is 9.80 Å². The van der Waals surface area contributed by atoms with Gasteiger partial charge in [-0.2, -0.15) is 0 Å². The molecular formula is C30H29F3N4O. The van der Waals surface area contributed by atoms with Gasteiger partial charge in [-0.05, 0) is 68.7 Å². The molecule has 2 aromatic carbocycles. The van der Waals surface area contributed by atoms with Gasteiger partial charge in [0.25, 0.3) is 0 Å². The van der Waals surface area contributed by atoms with Gasteiger partial charge in [0.1, 0.15) is 29.1 Å². The topological polar surface area (TPSA) is 40.8 Å². The van der Waals surface area contributed by atoms with Gasteiger partial charge in [-0.3, -0.25) is 9.78 Å². The van der Waals surface area contributed by atoms with E-state index in [9.17, 15) is 18.0 Å². The number of aromatic nitrogens is 1. The summed E-state index contributed by atoms with van der Waals surface area (Å²) in [6.45, 7) is 12.0. The van der Waals surface area contributed by atoms with E-state index >= 15 is 0 Å². The van der Waals surface area contributed by atoms with Gasteiger partial charge < -0.3 is 9.80 Å². The maximum absolute atomic E-state index is 14.9. The maximum atomic E-state index is 14.9. The largest absolute Gasteiger partial charge is 0.366 e. The van der Waals surface area contributed by atoms with Crippen LogP contribution in [0, 0.1) is 35.9 Å². The molecule has 3 heterocycles. The Kier molecular flexibility index (Phi) is 7.11. The molecular weight excluding hydrogens is 489 g/mol. The molecule has 2 saturated heterocycles. The van der Waals surface area contributed by atoms with Gasteiger partial charge in [0.2, 0.25) is 5.69 Å². The Labute approximate surface area is 220 Å². The van der Waals surface area contributed by atoms with Crippen LogP contribution in [0.3, 0.4) is 0 Å².